The van der Waals surface area contributed by atoms with Gasteiger partial charge in [-0.25, -0.2) is 0 Å². The Labute approximate surface area is 525 Å². The van der Waals surface area contributed by atoms with Crippen molar-refractivity contribution in [2.24, 2.45) is 0 Å². The van der Waals surface area contributed by atoms with Crippen molar-refractivity contribution >= 4 is 11.9 Å². The molecule has 0 saturated heterocycles. The van der Waals surface area contributed by atoms with E-state index >= 15 is 0 Å². The molecule has 6 nitrogen and oxygen atoms in total. The summed E-state index contributed by atoms with van der Waals surface area (Å²) in [6, 6.07) is -0.623. The Morgan fingerprint density at radius 2 is 0.595 bits per heavy atom. The van der Waals surface area contributed by atoms with E-state index < -0.39 is 12.1 Å². The molecule has 496 valence electrons. The first kappa shape index (κ1) is 82.1. The van der Waals surface area contributed by atoms with Gasteiger partial charge in [-0.05, 0) is 64.2 Å². The van der Waals surface area contributed by atoms with Crippen LogP contribution in [-0.2, 0) is 14.3 Å². The van der Waals surface area contributed by atoms with Crippen LogP contribution in [-0.4, -0.2) is 47.4 Å². The first-order valence-corrected chi connectivity index (χ1v) is 38.3. The zero-order valence-electron chi connectivity index (χ0n) is 56.9. The third-order valence-electron chi connectivity index (χ3n) is 17.9. The highest BCUT2D eigenvalue weighted by atomic mass is 16.5. The number of carbonyl (C=O) groups excluding carboxylic acids is 2. The molecule has 1 amide bonds. The van der Waals surface area contributed by atoms with E-state index in [2.05, 4.69) is 43.5 Å². The minimum atomic E-state index is -0.840. The number of allylic oxidation sites excluding steroid dienone is 5. The van der Waals surface area contributed by atoms with Crippen molar-refractivity contribution in [1.82, 2.24) is 5.32 Å². The smallest absolute Gasteiger partial charge is 0.305 e. The summed E-state index contributed by atoms with van der Waals surface area (Å²) in [5, 5.41) is 23.1. The predicted octanol–water partition coefficient (Wildman–Crippen LogP) is 25.0. The minimum absolute atomic E-state index is 0.0191. The van der Waals surface area contributed by atoms with Crippen LogP contribution in [0.2, 0.25) is 0 Å². The summed E-state index contributed by atoms with van der Waals surface area (Å²) in [6.07, 6.45) is 95.5. The Kier molecular flexibility index (Phi) is 71.9. The second-order valence-corrected chi connectivity index (χ2v) is 26.3. The van der Waals surface area contributed by atoms with E-state index in [4.69, 9.17) is 4.74 Å². The van der Waals surface area contributed by atoms with E-state index in [1.165, 1.54) is 353 Å². The van der Waals surface area contributed by atoms with Crippen molar-refractivity contribution in [3.63, 3.8) is 0 Å². The maximum atomic E-state index is 12.5. The SMILES string of the molecule is CCCCC/C=C\C/C=C\CCCCCCCCCCCC(=O)OCCCCCCCCCCCCCCCCCCCCCCCCCCCCCCCCCCCCCC(=O)NC(CO)C(O)/C=C/CCCCCCCCCCCCC. The Morgan fingerprint density at radius 3 is 0.929 bits per heavy atom. The summed E-state index contributed by atoms with van der Waals surface area (Å²) in [5.74, 6) is -0.0418. The lowest BCUT2D eigenvalue weighted by Gasteiger charge is -2.20. The van der Waals surface area contributed by atoms with Crippen LogP contribution in [0.15, 0.2) is 36.5 Å². The van der Waals surface area contributed by atoms with Gasteiger partial charge in [0.05, 0.1) is 25.4 Å². The number of hydrogen-bond acceptors (Lipinski definition) is 5. The molecule has 0 aliphatic rings. The number of amides is 1. The van der Waals surface area contributed by atoms with Crippen LogP contribution >= 0.6 is 0 Å². The third-order valence-corrected chi connectivity index (χ3v) is 17.9. The number of esters is 1. The number of ether oxygens (including phenoxy) is 1. The fourth-order valence-corrected chi connectivity index (χ4v) is 12.1. The van der Waals surface area contributed by atoms with Crippen LogP contribution in [0.3, 0.4) is 0 Å². The van der Waals surface area contributed by atoms with Crippen LogP contribution in [0, 0.1) is 0 Å². The molecule has 0 saturated carbocycles. The van der Waals surface area contributed by atoms with Crippen LogP contribution in [0.5, 0.6) is 0 Å². The summed E-state index contributed by atoms with van der Waals surface area (Å²) < 4.78 is 5.52. The van der Waals surface area contributed by atoms with Crippen molar-refractivity contribution in [2.75, 3.05) is 13.2 Å². The highest BCUT2D eigenvalue weighted by Gasteiger charge is 2.18. The Morgan fingerprint density at radius 1 is 0.333 bits per heavy atom. The number of nitrogens with one attached hydrogen (secondary N) is 1. The number of carbonyl (C=O) groups is 2. The van der Waals surface area contributed by atoms with Gasteiger partial charge < -0.3 is 20.3 Å². The van der Waals surface area contributed by atoms with Gasteiger partial charge in [0.25, 0.3) is 0 Å². The molecule has 0 bridgehead atoms. The maximum Gasteiger partial charge on any atom is 0.305 e. The van der Waals surface area contributed by atoms with Gasteiger partial charge in [0.1, 0.15) is 0 Å². The molecule has 2 unspecified atom stereocenters. The van der Waals surface area contributed by atoms with Gasteiger partial charge in [-0.2, -0.15) is 0 Å². The lowest BCUT2D eigenvalue weighted by Crippen LogP contribution is -2.45. The molecule has 0 heterocycles. The molecule has 0 aromatic heterocycles. The molecular formula is C78H149NO5. The molecule has 0 aliphatic heterocycles. The van der Waals surface area contributed by atoms with Crippen LogP contribution in [0.1, 0.15) is 425 Å². The van der Waals surface area contributed by atoms with Crippen molar-refractivity contribution in [3.8, 4) is 0 Å². The monoisotopic (exact) mass is 1180 g/mol. The van der Waals surface area contributed by atoms with E-state index in [1.807, 2.05) is 6.08 Å². The van der Waals surface area contributed by atoms with Crippen molar-refractivity contribution in [3.05, 3.63) is 36.5 Å². The van der Waals surface area contributed by atoms with Crippen molar-refractivity contribution < 1.29 is 24.5 Å². The van der Waals surface area contributed by atoms with Gasteiger partial charge in [0.15, 0.2) is 0 Å². The minimum Gasteiger partial charge on any atom is -0.466 e. The molecule has 6 heteroatoms. The van der Waals surface area contributed by atoms with Crippen LogP contribution < -0.4 is 5.32 Å². The highest BCUT2D eigenvalue weighted by Crippen LogP contribution is 2.19. The van der Waals surface area contributed by atoms with E-state index in [1.54, 1.807) is 6.08 Å². The standard InChI is InChI=1S/C78H149NO5/c1-3-5-7-9-11-13-15-17-18-19-37-41-44-48-52-56-60-64-68-72-78(83)84-73-69-65-61-57-53-49-45-42-39-36-34-32-30-28-26-24-22-20-21-23-25-27-29-31-33-35-38-40-43-47-51-55-59-63-67-71-77(82)79-75(74-80)76(81)70-66-62-58-54-50-46-16-14-12-10-8-6-4-2/h11,13,17-18,66,70,75-76,80-81H,3-10,12,14-16,19-65,67-69,71-74H2,1-2H3,(H,79,82)/b13-11-,18-17-,70-66+. The van der Waals surface area contributed by atoms with Crippen LogP contribution in [0.4, 0.5) is 0 Å². The van der Waals surface area contributed by atoms with E-state index in [0.29, 0.717) is 19.4 Å². The van der Waals surface area contributed by atoms with Gasteiger partial charge >= 0.3 is 5.97 Å². The lowest BCUT2D eigenvalue weighted by atomic mass is 10.0. The Hall–Kier alpha value is -1.92. The Balaban J connectivity index is 3.30. The molecule has 84 heavy (non-hydrogen) atoms. The first-order valence-electron chi connectivity index (χ1n) is 38.3. The fourth-order valence-electron chi connectivity index (χ4n) is 12.1. The van der Waals surface area contributed by atoms with Gasteiger partial charge in [-0.1, -0.05) is 384 Å². The van der Waals surface area contributed by atoms with Gasteiger partial charge in [0.2, 0.25) is 5.91 Å². The first-order chi connectivity index (χ1) is 41.5. The molecule has 3 N–H and O–H groups in total. The van der Waals surface area contributed by atoms with E-state index in [-0.39, 0.29) is 18.5 Å². The van der Waals surface area contributed by atoms with Gasteiger partial charge in [-0.3, -0.25) is 9.59 Å². The zero-order chi connectivity index (χ0) is 60.6. The molecule has 0 aromatic carbocycles. The topological polar surface area (TPSA) is 95.9 Å². The second-order valence-electron chi connectivity index (χ2n) is 26.3. The average Bonchev–Trinajstić information content (AvgIpc) is 3.54. The van der Waals surface area contributed by atoms with Gasteiger partial charge in [-0.15, -0.1) is 0 Å². The quantitative estimate of drug-likeness (QED) is 0.0320. The number of aliphatic hydroxyl groups is 2. The largest absolute Gasteiger partial charge is 0.466 e. The van der Waals surface area contributed by atoms with Crippen LogP contribution in [0.25, 0.3) is 0 Å². The predicted molar refractivity (Wildman–Crippen MR) is 370 cm³/mol. The number of rotatable bonds is 72. The summed E-state index contributed by atoms with van der Waals surface area (Å²) in [5.41, 5.74) is 0. The Bertz CT molecular complexity index is 1360. The fraction of sp³-hybridized carbons (Fsp3) is 0.897. The summed E-state index contributed by atoms with van der Waals surface area (Å²) >= 11 is 0. The zero-order valence-corrected chi connectivity index (χ0v) is 56.9. The summed E-state index contributed by atoms with van der Waals surface area (Å²) in [7, 11) is 0. The third kappa shape index (κ3) is 69.2. The normalized spacial score (nSPS) is 12.7. The molecule has 0 fully saturated rings. The number of unbranched alkanes of at least 4 members (excludes halogenated alkanes) is 57. The molecule has 0 spiro atoms. The summed E-state index contributed by atoms with van der Waals surface area (Å²) in [6.45, 7) is 4.91. The average molecular weight is 1180 g/mol. The molecule has 0 radical (unpaired) electrons. The molecule has 0 aromatic rings. The summed E-state index contributed by atoms with van der Waals surface area (Å²) in [4.78, 5) is 24.6. The van der Waals surface area contributed by atoms with Crippen molar-refractivity contribution in [1.29, 1.82) is 0 Å². The van der Waals surface area contributed by atoms with Crippen molar-refractivity contribution in [2.45, 2.75) is 437 Å². The molecule has 0 rings (SSSR count). The lowest BCUT2D eigenvalue weighted by molar-refractivity contribution is -0.143. The molecule has 0 aliphatic carbocycles. The maximum absolute atomic E-state index is 12.5. The number of aliphatic hydroxyl groups excluding tert-OH is 2. The van der Waals surface area contributed by atoms with Gasteiger partial charge in [0, 0.05) is 12.8 Å². The molecule has 2 atom stereocenters. The van der Waals surface area contributed by atoms with E-state index in [9.17, 15) is 19.8 Å². The molecular weight excluding hydrogens is 1030 g/mol. The van der Waals surface area contributed by atoms with E-state index in [0.717, 1.165) is 44.9 Å². The number of hydrogen-bond donors (Lipinski definition) is 3. The second kappa shape index (κ2) is 73.5. The highest BCUT2D eigenvalue weighted by molar-refractivity contribution is 5.76.